The maximum absolute atomic E-state index is 12.7. The zero-order chi connectivity index (χ0) is 18.4. The van der Waals surface area contributed by atoms with Gasteiger partial charge in [-0.3, -0.25) is 4.79 Å². The molecule has 2 N–H and O–H groups in total. The van der Waals surface area contributed by atoms with Gasteiger partial charge in [0.25, 0.3) is 5.91 Å². The van der Waals surface area contributed by atoms with E-state index in [1.807, 2.05) is 18.2 Å². The third-order valence-corrected chi connectivity index (χ3v) is 4.64. The Labute approximate surface area is 154 Å². The SMILES string of the molecule is CCc1cccc(CC)c1NC(=O)c1ccnc(NCC2CCCO2)n1. The molecule has 1 fully saturated rings. The van der Waals surface area contributed by atoms with Crippen LogP contribution < -0.4 is 10.6 Å². The summed E-state index contributed by atoms with van der Waals surface area (Å²) in [6.45, 7) is 5.64. The number of hydrogen-bond acceptors (Lipinski definition) is 5. The first-order chi connectivity index (χ1) is 12.7. The molecule has 2 aromatic rings. The number of nitrogens with one attached hydrogen (secondary N) is 2. The minimum absolute atomic E-state index is 0.194. The second-order valence-electron chi connectivity index (χ2n) is 6.39. The molecule has 0 saturated carbocycles. The molecular weight excluding hydrogens is 328 g/mol. The highest BCUT2D eigenvalue weighted by Gasteiger charge is 2.17. The van der Waals surface area contributed by atoms with E-state index in [2.05, 4.69) is 34.4 Å². The monoisotopic (exact) mass is 354 g/mol. The Hall–Kier alpha value is -2.47. The number of carbonyl (C=O) groups is 1. The Bertz CT molecular complexity index is 735. The van der Waals surface area contributed by atoms with Crippen LogP contribution in [0.2, 0.25) is 0 Å². The van der Waals surface area contributed by atoms with Crippen molar-refractivity contribution in [2.24, 2.45) is 0 Å². The predicted octanol–water partition coefficient (Wildman–Crippen LogP) is 3.44. The second-order valence-corrected chi connectivity index (χ2v) is 6.39. The Balaban J connectivity index is 1.71. The van der Waals surface area contributed by atoms with E-state index in [4.69, 9.17) is 4.74 Å². The van der Waals surface area contributed by atoms with E-state index >= 15 is 0 Å². The summed E-state index contributed by atoms with van der Waals surface area (Å²) in [7, 11) is 0. The Morgan fingerprint density at radius 1 is 1.23 bits per heavy atom. The van der Waals surface area contributed by atoms with Crippen LogP contribution in [0.25, 0.3) is 0 Å². The number of aromatic nitrogens is 2. The number of anilines is 2. The molecule has 1 atom stereocenters. The van der Waals surface area contributed by atoms with Crippen LogP contribution in [0.3, 0.4) is 0 Å². The molecule has 1 saturated heterocycles. The lowest BCUT2D eigenvalue weighted by Gasteiger charge is -2.14. The van der Waals surface area contributed by atoms with Crippen molar-refractivity contribution in [3.63, 3.8) is 0 Å². The molecule has 2 heterocycles. The molecule has 1 aliphatic heterocycles. The van der Waals surface area contributed by atoms with Gasteiger partial charge in [0.15, 0.2) is 0 Å². The van der Waals surface area contributed by atoms with Crippen LogP contribution in [0.1, 0.15) is 48.3 Å². The quantitative estimate of drug-likeness (QED) is 0.796. The Morgan fingerprint density at radius 2 is 2.00 bits per heavy atom. The number of benzene rings is 1. The van der Waals surface area contributed by atoms with Gasteiger partial charge in [0.1, 0.15) is 5.69 Å². The van der Waals surface area contributed by atoms with Crippen LogP contribution in [0.5, 0.6) is 0 Å². The summed E-state index contributed by atoms with van der Waals surface area (Å²) in [5, 5.41) is 6.20. The molecule has 138 valence electrons. The number of para-hydroxylation sites is 1. The topological polar surface area (TPSA) is 76.1 Å². The van der Waals surface area contributed by atoms with E-state index in [1.165, 1.54) is 0 Å². The number of carbonyl (C=O) groups excluding carboxylic acids is 1. The van der Waals surface area contributed by atoms with E-state index < -0.39 is 0 Å². The van der Waals surface area contributed by atoms with Gasteiger partial charge >= 0.3 is 0 Å². The summed E-state index contributed by atoms with van der Waals surface area (Å²) < 4.78 is 5.59. The first-order valence-electron chi connectivity index (χ1n) is 9.31. The lowest BCUT2D eigenvalue weighted by molar-refractivity contribution is 0.102. The first-order valence-corrected chi connectivity index (χ1v) is 9.31. The number of aryl methyl sites for hydroxylation is 2. The van der Waals surface area contributed by atoms with Crippen LogP contribution in [-0.4, -0.2) is 35.1 Å². The third-order valence-electron chi connectivity index (χ3n) is 4.64. The summed E-state index contributed by atoms with van der Waals surface area (Å²) in [6, 6.07) is 7.75. The van der Waals surface area contributed by atoms with Crippen LogP contribution in [0.15, 0.2) is 30.5 Å². The van der Waals surface area contributed by atoms with Gasteiger partial charge < -0.3 is 15.4 Å². The Kier molecular flexibility index (Phi) is 6.17. The smallest absolute Gasteiger partial charge is 0.274 e. The van der Waals surface area contributed by atoms with Crippen LogP contribution in [0, 0.1) is 0 Å². The molecule has 6 heteroatoms. The lowest BCUT2D eigenvalue weighted by atomic mass is 10.0. The van der Waals surface area contributed by atoms with Gasteiger partial charge in [0.05, 0.1) is 6.10 Å². The zero-order valence-corrected chi connectivity index (χ0v) is 15.4. The van der Waals surface area contributed by atoms with Crippen molar-refractivity contribution in [2.75, 3.05) is 23.8 Å². The molecule has 1 amide bonds. The summed E-state index contributed by atoms with van der Waals surface area (Å²) >= 11 is 0. The molecule has 0 aliphatic carbocycles. The molecule has 1 aromatic heterocycles. The largest absolute Gasteiger partial charge is 0.376 e. The molecule has 1 aromatic carbocycles. The van der Waals surface area contributed by atoms with E-state index in [1.54, 1.807) is 12.3 Å². The molecule has 1 aliphatic rings. The van der Waals surface area contributed by atoms with Crippen molar-refractivity contribution in [3.8, 4) is 0 Å². The third kappa shape index (κ3) is 4.38. The van der Waals surface area contributed by atoms with Gasteiger partial charge in [-0.15, -0.1) is 0 Å². The highest BCUT2D eigenvalue weighted by atomic mass is 16.5. The maximum Gasteiger partial charge on any atom is 0.274 e. The summed E-state index contributed by atoms with van der Waals surface area (Å²) in [6.07, 6.45) is 5.65. The standard InChI is InChI=1S/C20H26N4O2/c1-3-14-7-5-8-15(4-2)18(14)24-19(25)17-10-11-21-20(23-17)22-13-16-9-6-12-26-16/h5,7-8,10-11,16H,3-4,6,9,12-13H2,1-2H3,(H,24,25)(H,21,22,23). The molecule has 1 unspecified atom stereocenters. The molecular formula is C20H26N4O2. The van der Waals surface area contributed by atoms with Crippen LogP contribution in [-0.2, 0) is 17.6 Å². The number of rotatable bonds is 7. The normalized spacial score (nSPS) is 16.5. The lowest BCUT2D eigenvalue weighted by Crippen LogP contribution is -2.21. The number of hydrogen-bond donors (Lipinski definition) is 2. The molecule has 6 nitrogen and oxygen atoms in total. The predicted molar refractivity (Wildman–Crippen MR) is 103 cm³/mol. The zero-order valence-electron chi connectivity index (χ0n) is 15.4. The van der Waals surface area contributed by atoms with Gasteiger partial charge in [0, 0.05) is 25.0 Å². The molecule has 0 radical (unpaired) electrons. The van der Waals surface area contributed by atoms with Crippen molar-refractivity contribution in [2.45, 2.75) is 45.6 Å². The highest BCUT2D eigenvalue weighted by Crippen LogP contribution is 2.23. The number of amides is 1. The van der Waals surface area contributed by atoms with Crippen LogP contribution >= 0.6 is 0 Å². The van der Waals surface area contributed by atoms with Gasteiger partial charge in [-0.2, -0.15) is 0 Å². The van der Waals surface area contributed by atoms with Gasteiger partial charge in [-0.25, -0.2) is 9.97 Å². The van der Waals surface area contributed by atoms with E-state index in [0.29, 0.717) is 18.2 Å². The molecule has 0 bridgehead atoms. The summed E-state index contributed by atoms with van der Waals surface area (Å²) in [4.78, 5) is 21.3. The van der Waals surface area contributed by atoms with Gasteiger partial charge in [-0.05, 0) is 42.9 Å². The van der Waals surface area contributed by atoms with E-state index in [-0.39, 0.29) is 12.0 Å². The Morgan fingerprint density at radius 3 is 2.65 bits per heavy atom. The van der Waals surface area contributed by atoms with Crippen molar-refractivity contribution < 1.29 is 9.53 Å². The minimum atomic E-state index is -0.219. The van der Waals surface area contributed by atoms with Gasteiger partial charge in [0.2, 0.25) is 5.95 Å². The van der Waals surface area contributed by atoms with Crippen molar-refractivity contribution in [3.05, 3.63) is 47.3 Å². The average molecular weight is 354 g/mol. The molecule has 26 heavy (non-hydrogen) atoms. The fraction of sp³-hybridized carbons (Fsp3) is 0.450. The van der Waals surface area contributed by atoms with E-state index in [0.717, 1.165) is 49.1 Å². The van der Waals surface area contributed by atoms with Crippen molar-refractivity contribution in [1.82, 2.24) is 9.97 Å². The summed E-state index contributed by atoms with van der Waals surface area (Å²) in [5.74, 6) is 0.232. The second kappa shape index (κ2) is 8.76. The minimum Gasteiger partial charge on any atom is -0.376 e. The number of nitrogens with zero attached hydrogens (tertiary/aromatic N) is 2. The average Bonchev–Trinajstić information content (AvgIpc) is 3.20. The highest BCUT2D eigenvalue weighted by molar-refractivity contribution is 6.03. The van der Waals surface area contributed by atoms with Crippen LogP contribution in [0.4, 0.5) is 11.6 Å². The van der Waals surface area contributed by atoms with Gasteiger partial charge in [-0.1, -0.05) is 32.0 Å². The number of ether oxygens (including phenoxy) is 1. The van der Waals surface area contributed by atoms with Crippen molar-refractivity contribution >= 4 is 17.5 Å². The maximum atomic E-state index is 12.7. The molecule has 3 rings (SSSR count). The fourth-order valence-electron chi connectivity index (χ4n) is 3.16. The molecule has 0 spiro atoms. The van der Waals surface area contributed by atoms with E-state index in [9.17, 15) is 4.79 Å². The summed E-state index contributed by atoms with van der Waals surface area (Å²) in [5.41, 5.74) is 3.50. The fourth-order valence-corrected chi connectivity index (χ4v) is 3.16. The van der Waals surface area contributed by atoms with Crippen molar-refractivity contribution in [1.29, 1.82) is 0 Å². The first kappa shape index (κ1) is 18.3.